The van der Waals surface area contributed by atoms with Crippen LogP contribution in [0.2, 0.25) is 0 Å². The molecule has 54 heavy (non-hydrogen) atoms. The Morgan fingerprint density at radius 2 is 1.76 bits per heavy atom. The summed E-state index contributed by atoms with van der Waals surface area (Å²) in [7, 11) is 0. The van der Waals surface area contributed by atoms with Crippen LogP contribution >= 0.6 is 0 Å². The van der Waals surface area contributed by atoms with Crippen molar-refractivity contribution in [3.63, 3.8) is 0 Å². The molecule has 6 rings (SSSR count). The third kappa shape index (κ3) is 6.16. The van der Waals surface area contributed by atoms with Gasteiger partial charge in [-0.2, -0.15) is 0 Å². The first-order valence-corrected chi connectivity index (χ1v) is 17.8. The summed E-state index contributed by atoms with van der Waals surface area (Å²) in [5.74, 6) is -4.65. The van der Waals surface area contributed by atoms with Crippen molar-refractivity contribution in [1.29, 1.82) is 0 Å². The van der Waals surface area contributed by atoms with E-state index in [0.29, 0.717) is 0 Å². The number of esters is 2. The smallest absolute Gasteiger partial charge is 0.408 e. The van der Waals surface area contributed by atoms with E-state index in [1.165, 1.54) is 58.2 Å². The van der Waals surface area contributed by atoms with E-state index in [0.717, 1.165) is 0 Å². The molecule has 11 atom stereocenters. The topological polar surface area (TPSA) is 232 Å². The monoisotopic (exact) mass is 753 g/mol. The van der Waals surface area contributed by atoms with Crippen LogP contribution < -0.4 is 5.32 Å². The largest absolute Gasteiger partial charge is 0.467 e. The van der Waals surface area contributed by atoms with Crippen molar-refractivity contribution in [1.82, 2.24) is 5.32 Å². The number of ketones is 1. The lowest BCUT2D eigenvalue weighted by Crippen LogP contribution is -2.81. The van der Waals surface area contributed by atoms with E-state index in [1.807, 2.05) is 0 Å². The summed E-state index contributed by atoms with van der Waals surface area (Å²) < 4.78 is 28.1. The van der Waals surface area contributed by atoms with E-state index in [2.05, 4.69) is 5.32 Å². The van der Waals surface area contributed by atoms with Crippen LogP contribution in [-0.4, -0.2) is 110 Å². The molecule has 2 heterocycles. The molecule has 4 aliphatic rings. The molecule has 1 aromatic heterocycles. The van der Waals surface area contributed by atoms with Crippen LogP contribution in [-0.2, 0) is 28.5 Å². The van der Waals surface area contributed by atoms with Gasteiger partial charge in [-0.25, -0.2) is 14.4 Å². The van der Waals surface area contributed by atoms with Gasteiger partial charge in [0.05, 0.1) is 36.1 Å². The van der Waals surface area contributed by atoms with Crippen LogP contribution in [0.5, 0.6) is 0 Å². The summed E-state index contributed by atoms with van der Waals surface area (Å²) in [6.45, 7) is 7.25. The molecular formula is C39H47NO14. The normalized spacial score (nSPS) is 35.3. The maximum Gasteiger partial charge on any atom is 0.408 e. The van der Waals surface area contributed by atoms with E-state index < -0.39 is 101 Å². The number of fused-ring (bicyclic) bond motifs is 5. The molecule has 1 saturated heterocycles. The van der Waals surface area contributed by atoms with Gasteiger partial charge in [0.1, 0.15) is 47.9 Å². The zero-order valence-electron chi connectivity index (χ0n) is 30.6. The molecule has 1 aromatic carbocycles. The number of amides is 1. The van der Waals surface area contributed by atoms with Crippen molar-refractivity contribution in [2.24, 2.45) is 16.7 Å². The Balaban J connectivity index is 1.43. The number of hydrogen-bond acceptors (Lipinski definition) is 14. The molecule has 15 heteroatoms. The van der Waals surface area contributed by atoms with Crippen molar-refractivity contribution < 1.29 is 68.1 Å². The summed E-state index contributed by atoms with van der Waals surface area (Å²) in [6, 6.07) is 9.25. The number of alkyl carbamates (subject to hydrolysis) is 1. The van der Waals surface area contributed by atoms with Crippen LogP contribution in [0, 0.1) is 16.7 Å². The van der Waals surface area contributed by atoms with Crippen LogP contribution in [0.3, 0.4) is 0 Å². The molecule has 0 radical (unpaired) electrons. The first kappa shape index (κ1) is 39.3. The molecule has 292 valence electrons. The minimum absolute atomic E-state index is 0.0133. The number of ether oxygens (including phenoxy) is 4. The average Bonchev–Trinajstić information content (AvgIpc) is 3.67. The van der Waals surface area contributed by atoms with Gasteiger partial charge < -0.3 is 54.2 Å². The van der Waals surface area contributed by atoms with E-state index in [1.54, 1.807) is 37.3 Å². The van der Waals surface area contributed by atoms with Crippen LogP contribution in [0.4, 0.5) is 4.79 Å². The summed E-state index contributed by atoms with van der Waals surface area (Å²) in [5.41, 5.74) is -7.63. The van der Waals surface area contributed by atoms with Crippen molar-refractivity contribution in [2.45, 2.75) is 101 Å². The van der Waals surface area contributed by atoms with Crippen molar-refractivity contribution in [2.75, 3.05) is 13.2 Å². The number of aliphatic hydroxyl groups excluding tert-OH is 3. The molecule has 6 N–H and O–H groups in total. The van der Waals surface area contributed by atoms with Crippen molar-refractivity contribution >= 4 is 23.8 Å². The van der Waals surface area contributed by atoms with Crippen LogP contribution in [0.25, 0.3) is 0 Å². The maximum atomic E-state index is 14.6. The van der Waals surface area contributed by atoms with Gasteiger partial charge in [-0.1, -0.05) is 44.2 Å². The summed E-state index contributed by atoms with van der Waals surface area (Å²) >= 11 is 0. The SMILES string of the molecule is C/C=C/COC(=O)N[C@@H](c1ccco1)[C@@H](O)C(=O)O[C@H]1C[C@@]2(O)[C@@H](OC(=O)c3ccccc3)[C@@H]3[C@]4(O)CO[C@@H]4C[C@H](O)[C@@]3(C)C(=O)[C@H](O)C(=C1C)C2(C)C. The van der Waals surface area contributed by atoms with Gasteiger partial charge in [0, 0.05) is 24.2 Å². The molecule has 2 saturated carbocycles. The van der Waals surface area contributed by atoms with Gasteiger partial charge in [0.15, 0.2) is 11.9 Å². The first-order chi connectivity index (χ1) is 25.4. The second-order valence-electron chi connectivity index (χ2n) is 15.3. The van der Waals surface area contributed by atoms with E-state index >= 15 is 0 Å². The van der Waals surface area contributed by atoms with E-state index in [4.69, 9.17) is 23.4 Å². The molecule has 15 nitrogen and oxygen atoms in total. The molecule has 0 spiro atoms. The third-order valence-corrected chi connectivity index (χ3v) is 12.1. The first-order valence-electron chi connectivity index (χ1n) is 17.8. The summed E-state index contributed by atoms with van der Waals surface area (Å²) in [4.78, 5) is 54.9. The lowest BCUT2D eigenvalue weighted by Gasteiger charge is -2.66. The van der Waals surface area contributed by atoms with Gasteiger partial charge >= 0.3 is 18.0 Å². The number of benzene rings is 1. The molecule has 3 aliphatic carbocycles. The predicted octanol–water partition coefficient (Wildman–Crippen LogP) is 2.06. The molecule has 2 aromatic rings. The van der Waals surface area contributed by atoms with Crippen molar-refractivity contribution in [3.05, 3.63) is 83.3 Å². The van der Waals surface area contributed by atoms with E-state index in [9.17, 15) is 44.7 Å². The number of hydrogen-bond donors (Lipinski definition) is 6. The highest BCUT2D eigenvalue weighted by Crippen LogP contribution is 2.63. The average molecular weight is 754 g/mol. The van der Waals surface area contributed by atoms with E-state index in [-0.39, 0.29) is 42.1 Å². The number of carbonyl (C=O) groups excluding carboxylic acids is 4. The van der Waals surface area contributed by atoms with Crippen LogP contribution in [0.1, 0.15) is 69.6 Å². The number of allylic oxidation sites excluding steroid dienone is 1. The Morgan fingerprint density at radius 1 is 1.06 bits per heavy atom. The number of furan rings is 1. The Labute approximate surface area is 311 Å². The Bertz CT molecular complexity index is 1820. The van der Waals surface area contributed by atoms with Gasteiger partial charge in [0.25, 0.3) is 0 Å². The molecule has 1 aliphatic heterocycles. The quantitative estimate of drug-likeness (QED) is 0.122. The Morgan fingerprint density at radius 3 is 2.37 bits per heavy atom. The highest BCUT2D eigenvalue weighted by atomic mass is 16.6. The molecular weight excluding hydrogens is 706 g/mol. The third-order valence-electron chi connectivity index (χ3n) is 12.1. The lowest BCUT2D eigenvalue weighted by atomic mass is 9.44. The zero-order valence-corrected chi connectivity index (χ0v) is 30.6. The zero-order chi connectivity index (χ0) is 39.4. The second kappa shape index (κ2) is 14.4. The number of aliphatic hydroxyl groups is 5. The standard InChI is InChI=1S/C39H47NO14/c1-6-7-15-51-35(47)40-27(22-14-11-16-50-22)29(43)34(46)53-23-18-39(49)32(54-33(45)21-12-9-8-10-13-21)30-37(5,24(41)17-25-38(30,48)19-52-25)31(44)28(42)26(20(23)2)36(39,3)4/h6-14,16,23-25,27-30,32,41-43,48-49H,15,17-19H2,1-5H3,(H,40,47)/b7-6+/t23-,24-,25+,27-,28+,29+,30-,32-,37+,38-,39+/m0/s1. The number of nitrogens with one attached hydrogen (secondary N) is 1. The molecule has 0 unspecified atom stereocenters. The fourth-order valence-electron chi connectivity index (χ4n) is 8.89. The molecule has 1 amide bonds. The number of carbonyl (C=O) groups is 4. The Kier molecular flexibility index (Phi) is 10.5. The Hall–Kier alpha value is -4.38. The van der Waals surface area contributed by atoms with Crippen LogP contribution in [0.15, 0.2) is 76.4 Å². The molecule has 3 fully saturated rings. The minimum atomic E-state index is -2.32. The minimum Gasteiger partial charge on any atom is -0.467 e. The highest BCUT2D eigenvalue weighted by molar-refractivity contribution is 5.94. The lowest BCUT2D eigenvalue weighted by molar-refractivity contribution is -0.343. The second-order valence-corrected chi connectivity index (χ2v) is 15.3. The summed E-state index contributed by atoms with van der Waals surface area (Å²) in [5, 5.41) is 62.7. The molecule has 2 bridgehead atoms. The fourth-order valence-corrected chi connectivity index (χ4v) is 8.89. The van der Waals surface area contributed by atoms with Crippen molar-refractivity contribution in [3.8, 4) is 0 Å². The maximum absolute atomic E-state index is 14.6. The predicted molar refractivity (Wildman–Crippen MR) is 186 cm³/mol. The van der Waals surface area contributed by atoms with Gasteiger partial charge in [-0.05, 0) is 56.2 Å². The number of Topliss-reactive ketones (excluding diaryl/α,β-unsaturated/α-hetero) is 1. The highest BCUT2D eigenvalue weighted by Gasteiger charge is 2.76. The number of rotatable bonds is 9. The van der Waals surface area contributed by atoms with Gasteiger partial charge in [-0.15, -0.1) is 0 Å². The van der Waals surface area contributed by atoms with Gasteiger partial charge in [0.2, 0.25) is 0 Å². The fraction of sp³-hybridized carbons (Fsp3) is 0.538. The summed E-state index contributed by atoms with van der Waals surface area (Å²) in [6.07, 6.45) is -6.99. The van der Waals surface area contributed by atoms with Gasteiger partial charge in [-0.3, -0.25) is 4.79 Å².